The molecule has 8 nitrogen and oxygen atoms in total. The summed E-state index contributed by atoms with van der Waals surface area (Å²) in [5.41, 5.74) is 0.388. The number of carbonyl (C=O) groups excluding carboxylic acids is 2. The first-order valence-corrected chi connectivity index (χ1v) is 8.56. The summed E-state index contributed by atoms with van der Waals surface area (Å²) in [6, 6.07) is 0. The molecule has 0 aromatic carbocycles. The number of rotatable bonds is 8. The molecule has 138 valence electrons. The lowest BCUT2D eigenvalue weighted by Gasteiger charge is -2.11. The topological polar surface area (TPSA) is 84.3 Å². The standard InChI is InChI=1S/C16H24N4O4S/c1-7-23-14(21)11(9-19(3)4)12-13(15(22)24-8-2)25-16(18-12)17-10-20(5)6/h9-10H,7-8H2,1-6H3/b11-9-,17-10+. The fraction of sp³-hybridized carbons (Fsp3) is 0.500. The average molecular weight is 368 g/mol. The van der Waals surface area contributed by atoms with Gasteiger partial charge in [0.1, 0.15) is 16.1 Å². The minimum atomic E-state index is -0.560. The van der Waals surface area contributed by atoms with Gasteiger partial charge in [0.05, 0.1) is 19.6 Å². The van der Waals surface area contributed by atoms with Crippen LogP contribution in [-0.4, -0.2) is 74.5 Å². The van der Waals surface area contributed by atoms with E-state index in [1.54, 1.807) is 50.3 Å². The van der Waals surface area contributed by atoms with Crippen molar-refractivity contribution in [3.8, 4) is 0 Å². The van der Waals surface area contributed by atoms with Crippen LogP contribution in [0, 0.1) is 0 Å². The zero-order valence-electron chi connectivity index (χ0n) is 15.4. The average Bonchev–Trinajstić information content (AvgIpc) is 2.95. The molecule has 0 atom stereocenters. The molecule has 0 saturated carbocycles. The van der Waals surface area contributed by atoms with E-state index in [2.05, 4.69) is 9.98 Å². The smallest absolute Gasteiger partial charge is 0.350 e. The SMILES string of the molecule is CCOC(=O)/C(=C\N(C)C)c1nc(/N=C/N(C)C)sc1C(=O)OCC. The predicted octanol–water partition coefficient (Wildman–Crippen LogP) is 2.01. The van der Waals surface area contributed by atoms with Gasteiger partial charge in [0.15, 0.2) is 0 Å². The molecule has 1 rings (SSSR count). The molecule has 0 aliphatic heterocycles. The number of hydrogen-bond acceptors (Lipinski definition) is 8. The molecule has 0 unspecified atom stereocenters. The molecule has 1 heterocycles. The number of aromatic nitrogens is 1. The zero-order chi connectivity index (χ0) is 19.0. The monoisotopic (exact) mass is 368 g/mol. The summed E-state index contributed by atoms with van der Waals surface area (Å²) >= 11 is 1.06. The van der Waals surface area contributed by atoms with Gasteiger partial charge >= 0.3 is 11.9 Å². The van der Waals surface area contributed by atoms with Crippen LogP contribution in [0.15, 0.2) is 11.2 Å². The van der Waals surface area contributed by atoms with E-state index in [1.165, 1.54) is 0 Å². The second-order valence-electron chi connectivity index (χ2n) is 5.33. The van der Waals surface area contributed by atoms with Crippen molar-refractivity contribution in [3.63, 3.8) is 0 Å². The summed E-state index contributed by atoms with van der Waals surface area (Å²) in [7, 11) is 7.17. The number of carbonyl (C=O) groups is 2. The van der Waals surface area contributed by atoms with Gasteiger partial charge in [-0.05, 0) is 13.8 Å². The summed E-state index contributed by atoms with van der Waals surface area (Å²) in [5.74, 6) is -1.11. The Balaban J connectivity index is 3.45. The van der Waals surface area contributed by atoms with E-state index in [0.29, 0.717) is 5.13 Å². The number of hydrogen-bond donors (Lipinski definition) is 0. The molecule has 0 fully saturated rings. The van der Waals surface area contributed by atoms with Crippen LogP contribution in [0.4, 0.5) is 5.13 Å². The summed E-state index contributed by atoms with van der Waals surface area (Å²) in [5, 5.41) is 0.348. The third kappa shape index (κ3) is 6.18. The van der Waals surface area contributed by atoms with Crippen LogP contribution in [0.25, 0.3) is 5.57 Å². The van der Waals surface area contributed by atoms with Crippen molar-refractivity contribution in [2.45, 2.75) is 13.8 Å². The van der Waals surface area contributed by atoms with Gasteiger partial charge in [-0.15, -0.1) is 0 Å². The Hall–Kier alpha value is -2.42. The zero-order valence-corrected chi connectivity index (χ0v) is 16.2. The lowest BCUT2D eigenvalue weighted by Crippen LogP contribution is -2.14. The van der Waals surface area contributed by atoms with E-state index in [9.17, 15) is 9.59 Å². The van der Waals surface area contributed by atoms with Crippen LogP contribution >= 0.6 is 11.3 Å². The van der Waals surface area contributed by atoms with E-state index < -0.39 is 11.9 Å². The molecule has 0 saturated heterocycles. The van der Waals surface area contributed by atoms with Gasteiger partial charge in [0, 0.05) is 34.4 Å². The van der Waals surface area contributed by atoms with E-state index in [-0.39, 0.29) is 29.4 Å². The summed E-state index contributed by atoms with van der Waals surface area (Å²) in [4.78, 5) is 36.8. The molecule has 0 amide bonds. The van der Waals surface area contributed by atoms with E-state index >= 15 is 0 Å². The van der Waals surface area contributed by atoms with Crippen molar-refractivity contribution in [2.24, 2.45) is 4.99 Å². The predicted molar refractivity (Wildman–Crippen MR) is 98.2 cm³/mol. The Morgan fingerprint density at radius 3 is 2.28 bits per heavy atom. The second-order valence-corrected chi connectivity index (χ2v) is 6.31. The van der Waals surface area contributed by atoms with Gasteiger partial charge in [0.25, 0.3) is 0 Å². The van der Waals surface area contributed by atoms with Crippen molar-refractivity contribution < 1.29 is 19.1 Å². The van der Waals surface area contributed by atoms with Crippen LogP contribution in [0.2, 0.25) is 0 Å². The van der Waals surface area contributed by atoms with Crippen molar-refractivity contribution in [2.75, 3.05) is 41.4 Å². The maximum Gasteiger partial charge on any atom is 0.350 e. The Morgan fingerprint density at radius 1 is 1.12 bits per heavy atom. The maximum atomic E-state index is 12.3. The molecule has 1 aromatic heterocycles. The third-order valence-electron chi connectivity index (χ3n) is 2.61. The highest BCUT2D eigenvalue weighted by Gasteiger charge is 2.26. The Labute approximate surface area is 151 Å². The van der Waals surface area contributed by atoms with E-state index in [1.807, 2.05) is 14.1 Å². The van der Waals surface area contributed by atoms with Crippen LogP contribution in [-0.2, 0) is 14.3 Å². The van der Waals surface area contributed by atoms with Crippen molar-refractivity contribution in [1.29, 1.82) is 0 Å². The van der Waals surface area contributed by atoms with Crippen LogP contribution < -0.4 is 0 Å². The number of nitrogens with zero attached hydrogens (tertiary/aromatic N) is 4. The molecule has 0 radical (unpaired) electrons. The first-order valence-electron chi connectivity index (χ1n) is 7.74. The number of ether oxygens (including phenoxy) is 2. The van der Waals surface area contributed by atoms with Gasteiger partial charge in [-0.3, -0.25) is 0 Å². The molecule has 9 heteroatoms. The van der Waals surface area contributed by atoms with Gasteiger partial charge in [-0.25, -0.2) is 19.6 Å². The number of esters is 2. The Morgan fingerprint density at radius 2 is 1.76 bits per heavy atom. The molecule has 0 spiro atoms. The maximum absolute atomic E-state index is 12.3. The van der Waals surface area contributed by atoms with Gasteiger partial charge < -0.3 is 19.3 Å². The Bertz CT molecular complexity index is 665. The van der Waals surface area contributed by atoms with E-state index in [4.69, 9.17) is 9.47 Å². The molecule has 0 bridgehead atoms. The first-order chi connectivity index (χ1) is 11.8. The van der Waals surface area contributed by atoms with E-state index in [0.717, 1.165) is 11.3 Å². The quantitative estimate of drug-likeness (QED) is 0.300. The van der Waals surface area contributed by atoms with Crippen LogP contribution in [0.5, 0.6) is 0 Å². The minimum absolute atomic E-state index is 0.178. The van der Waals surface area contributed by atoms with Crippen LogP contribution in [0.3, 0.4) is 0 Å². The summed E-state index contributed by atoms with van der Waals surface area (Å²) in [6.45, 7) is 3.86. The van der Waals surface area contributed by atoms with Gasteiger partial charge in [0.2, 0.25) is 5.13 Å². The number of thiazole rings is 1. The molecular formula is C16H24N4O4S. The second kappa shape index (κ2) is 9.77. The summed E-state index contributed by atoms with van der Waals surface area (Å²) in [6.07, 6.45) is 3.13. The fourth-order valence-electron chi connectivity index (χ4n) is 1.72. The molecular weight excluding hydrogens is 344 g/mol. The molecule has 0 aliphatic carbocycles. The fourth-order valence-corrected chi connectivity index (χ4v) is 2.54. The highest BCUT2D eigenvalue weighted by atomic mass is 32.1. The van der Waals surface area contributed by atoms with Crippen molar-refractivity contribution in [3.05, 3.63) is 16.8 Å². The number of aliphatic imine (C=N–C) groups is 1. The highest BCUT2D eigenvalue weighted by Crippen LogP contribution is 2.31. The lowest BCUT2D eigenvalue weighted by molar-refractivity contribution is -0.136. The third-order valence-corrected chi connectivity index (χ3v) is 3.56. The molecule has 1 aromatic rings. The molecule has 0 N–H and O–H groups in total. The Kier molecular flexibility index (Phi) is 8.06. The first kappa shape index (κ1) is 20.6. The largest absolute Gasteiger partial charge is 0.462 e. The summed E-state index contributed by atoms with van der Waals surface area (Å²) < 4.78 is 10.2. The van der Waals surface area contributed by atoms with Crippen molar-refractivity contribution >= 4 is 40.3 Å². The minimum Gasteiger partial charge on any atom is -0.462 e. The van der Waals surface area contributed by atoms with Gasteiger partial charge in [-0.2, -0.15) is 0 Å². The van der Waals surface area contributed by atoms with Crippen molar-refractivity contribution in [1.82, 2.24) is 14.8 Å². The highest BCUT2D eigenvalue weighted by molar-refractivity contribution is 7.17. The molecule has 0 aliphatic rings. The normalized spacial score (nSPS) is 11.5. The molecule has 25 heavy (non-hydrogen) atoms. The van der Waals surface area contributed by atoms with Gasteiger partial charge in [-0.1, -0.05) is 11.3 Å². The lowest BCUT2D eigenvalue weighted by atomic mass is 10.2. The van der Waals surface area contributed by atoms with Crippen LogP contribution in [0.1, 0.15) is 29.2 Å².